The molecule has 2 nitrogen and oxygen atoms in total. The number of carbonyl (C=O) groups excluding carboxylic acids is 1. The van der Waals surface area contributed by atoms with Gasteiger partial charge in [-0.1, -0.05) is 6.07 Å². The van der Waals surface area contributed by atoms with Crippen LogP contribution in [0.5, 0.6) is 0 Å². The van der Waals surface area contributed by atoms with Gasteiger partial charge in [-0.2, -0.15) is 11.3 Å². The molecule has 0 aliphatic heterocycles. The molecule has 0 bridgehead atoms. The maximum Gasteiger partial charge on any atom is 0.251 e. The second-order valence-corrected chi connectivity index (χ2v) is 4.98. The molecule has 1 N–H and O–H groups in total. The molecule has 1 aromatic carbocycles. The minimum Gasteiger partial charge on any atom is -0.352 e. The Morgan fingerprint density at radius 3 is 2.94 bits per heavy atom. The van der Waals surface area contributed by atoms with Gasteiger partial charge >= 0.3 is 0 Å². The SMILES string of the molecule is O=C(NCCc1ccsc1)c1cccc(S)c1. The van der Waals surface area contributed by atoms with Gasteiger partial charge in [-0.3, -0.25) is 4.79 Å². The Labute approximate surface area is 110 Å². The quantitative estimate of drug-likeness (QED) is 0.816. The third kappa shape index (κ3) is 3.61. The van der Waals surface area contributed by atoms with E-state index in [1.165, 1.54) is 5.56 Å². The minimum atomic E-state index is -0.0453. The van der Waals surface area contributed by atoms with E-state index in [4.69, 9.17) is 0 Å². The lowest BCUT2D eigenvalue weighted by molar-refractivity contribution is 0.0954. The van der Waals surface area contributed by atoms with E-state index < -0.39 is 0 Å². The van der Waals surface area contributed by atoms with Crippen molar-refractivity contribution in [1.29, 1.82) is 0 Å². The van der Waals surface area contributed by atoms with E-state index >= 15 is 0 Å². The van der Waals surface area contributed by atoms with Crippen molar-refractivity contribution in [2.45, 2.75) is 11.3 Å². The molecule has 0 unspecified atom stereocenters. The highest BCUT2D eigenvalue weighted by Gasteiger charge is 2.04. The molecule has 0 atom stereocenters. The van der Waals surface area contributed by atoms with E-state index in [0.717, 1.165) is 11.3 Å². The Hall–Kier alpha value is -1.26. The monoisotopic (exact) mass is 263 g/mol. The molecular weight excluding hydrogens is 250 g/mol. The van der Waals surface area contributed by atoms with Crippen molar-refractivity contribution < 1.29 is 4.79 Å². The maximum atomic E-state index is 11.8. The maximum absolute atomic E-state index is 11.8. The summed E-state index contributed by atoms with van der Waals surface area (Å²) in [5.74, 6) is -0.0453. The number of thiol groups is 1. The Morgan fingerprint density at radius 2 is 2.24 bits per heavy atom. The van der Waals surface area contributed by atoms with E-state index in [1.54, 1.807) is 23.5 Å². The molecule has 0 saturated heterocycles. The van der Waals surface area contributed by atoms with Gasteiger partial charge in [0.2, 0.25) is 0 Å². The van der Waals surface area contributed by atoms with Crippen LogP contribution in [0.2, 0.25) is 0 Å². The molecule has 0 spiro atoms. The van der Waals surface area contributed by atoms with Crippen molar-refractivity contribution >= 4 is 29.9 Å². The zero-order valence-electron chi connectivity index (χ0n) is 9.22. The molecule has 1 heterocycles. The van der Waals surface area contributed by atoms with Crippen LogP contribution in [0.1, 0.15) is 15.9 Å². The van der Waals surface area contributed by atoms with Gasteiger partial charge in [0.25, 0.3) is 5.91 Å². The second kappa shape index (κ2) is 5.89. The zero-order valence-corrected chi connectivity index (χ0v) is 10.9. The highest BCUT2D eigenvalue weighted by Crippen LogP contribution is 2.09. The third-order valence-corrected chi connectivity index (χ3v) is 3.40. The number of rotatable bonds is 4. The standard InChI is InChI=1S/C13H13NOS2/c15-13(11-2-1-3-12(16)8-11)14-6-4-10-5-7-17-9-10/h1-3,5,7-9,16H,4,6H2,(H,14,15). The Morgan fingerprint density at radius 1 is 1.35 bits per heavy atom. The molecule has 1 aromatic heterocycles. The topological polar surface area (TPSA) is 29.1 Å². The van der Waals surface area contributed by atoms with Gasteiger partial charge in [0, 0.05) is 17.0 Å². The predicted molar refractivity (Wildman–Crippen MR) is 74.1 cm³/mol. The van der Waals surface area contributed by atoms with Crippen molar-refractivity contribution in [3.63, 3.8) is 0 Å². The molecule has 2 rings (SSSR count). The molecule has 17 heavy (non-hydrogen) atoms. The lowest BCUT2D eigenvalue weighted by Crippen LogP contribution is -2.25. The fourth-order valence-electron chi connectivity index (χ4n) is 1.50. The summed E-state index contributed by atoms with van der Waals surface area (Å²) in [7, 11) is 0. The summed E-state index contributed by atoms with van der Waals surface area (Å²) >= 11 is 5.88. The van der Waals surface area contributed by atoms with Crippen molar-refractivity contribution in [2.75, 3.05) is 6.54 Å². The van der Waals surface area contributed by atoms with Gasteiger partial charge < -0.3 is 5.32 Å². The Balaban J connectivity index is 1.85. The molecular formula is C13H13NOS2. The van der Waals surface area contributed by atoms with Gasteiger partial charge in [0.15, 0.2) is 0 Å². The van der Waals surface area contributed by atoms with Crippen molar-refractivity contribution in [1.82, 2.24) is 5.32 Å². The average Bonchev–Trinajstić information content (AvgIpc) is 2.82. The summed E-state index contributed by atoms with van der Waals surface area (Å²) in [6.45, 7) is 0.659. The molecule has 4 heteroatoms. The van der Waals surface area contributed by atoms with E-state index in [-0.39, 0.29) is 5.91 Å². The molecule has 1 amide bonds. The predicted octanol–water partition coefficient (Wildman–Crippen LogP) is 3.01. The van der Waals surface area contributed by atoms with E-state index in [0.29, 0.717) is 12.1 Å². The zero-order chi connectivity index (χ0) is 12.1. The lowest BCUT2D eigenvalue weighted by atomic mass is 10.2. The third-order valence-electron chi connectivity index (χ3n) is 2.39. The van der Waals surface area contributed by atoms with E-state index in [2.05, 4.69) is 29.4 Å². The van der Waals surface area contributed by atoms with Crippen LogP contribution in [0.15, 0.2) is 46.0 Å². The normalized spacial score (nSPS) is 10.2. The van der Waals surface area contributed by atoms with Crippen LogP contribution in [0.25, 0.3) is 0 Å². The highest BCUT2D eigenvalue weighted by molar-refractivity contribution is 7.80. The number of nitrogens with one attached hydrogen (secondary N) is 1. The number of thiophene rings is 1. The fourth-order valence-corrected chi connectivity index (χ4v) is 2.43. The number of benzene rings is 1. The van der Waals surface area contributed by atoms with Crippen LogP contribution in [0, 0.1) is 0 Å². The molecule has 0 radical (unpaired) electrons. The molecule has 0 fully saturated rings. The summed E-state index contributed by atoms with van der Waals surface area (Å²) in [5.41, 5.74) is 1.92. The van der Waals surface area contributed by atoms with Crippen molar-refractivity contribution in [2.24, 2.45) is 0 Å². The van der Waals surface area contributed by atoms with Crippen molar-refractivity contribution in [3.05, 3.63) is 52.2 Å². The van der Waals surface area contributed by atoms with Gasteiger partial charge in [-0.25, -0.2) is 0 Å². The van der Waals surface area contributed by atoms with Crippen molar-refractivity contribution in [3.8, 4) is 0 Å². The van der Waals surface area contributed by atoms with Gasteiger partial charge in [-0.15, -0.1) is 12.6 Å². The highest BCUT2D eigenvalue weighted by atomic mass is 32.1. The summed E-state index contributed by atoms with van der Waals surface area (Å²) < 4.78 is 0. The fraction of sp³-hybridized carbons (Fsp3) is 0.154. The lowest BCUT2D eigenvalue weighted by Gasteiger charge is -2.04. The van der Waals surface area contributed by atoms with E-state index in [9.17, 15) is 4.79 Å². The Bertz CT molecular complexity index is 494. The molecule has 0 aliphatic carbocycles. The van der Waals surface area contributed by atoms with Gasteiger partial charge in [0.1, 0.15) is 0 Å². The van der Waals surface area contributed by atoms with Crippen LogP contribution < -0.4 is 5.32 Å². The first-order valence-electron chi connectivity index (χ1n) is 5.34. The van der Waals surface area contributed by atoms with Crippen LogP contribution in [0.3, 0.4) is 0 Å². The number of amides is 1. The summed E-state index contributed by atoms with van der Waals surface area (Å²) in [6, 6.07) is 9.31. The number of carbonyl (C=O) groups is 1. The van der Waals surface area contributed by atoms with Crippen LogP contribution in [-0.2, 0) is 6.42 Å². The smallest absolute Gasteiger partial charge is 0.251 e. The van der Waals surface area contributed by atoms with E-state index in [1.807, 2.05) is 17.5 Å². The Kier molecular flexibility index (Phi) is 4.23. The molecule has 2 aromatic rings. The average molecular weight is 263 g/mol. The van der Waals surface area contributed by atoms with Gasteiger partial charge in [-0.05, 0) is 47.0 Å². The largest absolute Gasteiger partial charge is 0.352 e. The first kappa shape index (κ1) is 12.2. The minimum absolute atomic E-state index is 0.0453. The molecule has 88 valence electrons. The summed E-state index contributed by atoms with van der Waals surface area (Å²) in [5, 5.41) is 7.04. The van der Waals surface area contributed by atoms with Crippen LogP contribution >= 0.6 is 24.0 Å². The van der Waals surface area contributed by atoms with Crippen LogP contribution in [0.4, 0.5) is 0 Å². The summed E-state index contributed by atoms with van der Waals surface area (Å²) in [4.78, 5) is 12.6. The first-order chi connectivity index (χ1) is 8.25. The molecule has 0 saturated carbocycles. The molecule has 0 aliphatic rings. The van der Waals surface area contributed by atoms with Gasteiger partial charge in [0.05, 0.1) is 0 Å². The first-order valence-corrected chi connectivity index (χ1v) is 6.73. The number of hydrogen-bond acceptors (Lipinski definition) is 3. The second-order valence-electron chi connectivity index (χ2n) is 3.69. The number of hydrogen-bond donors (Lipinski definition) is 2. The van der Waals surface area contributed by atoms with Crippen LogP contribution in [-0.4, -0.2) is 12.5 Å². The summed E-state index contributed by atoms with van der Waals surface area (Å²) in [6.07, 6.45) is 0.871.